The fourth-order valence-corrected chi connectivity index (χ4v) is 6.15. The second kappa shape index (κ2) is 13.0. The Morgan fingerprint density at radius 1 is 0.762 bits per heavy atom. The molecule has 42 heavy (non-hydrogen) atoms. The lowest BCUT2D eigenvalue weighted by Crippen LogP contribution is -2.32. The van der Waals surface area contributed by atoms with Crippen LogP contribution in [0.2, 0.25) is 0 Å². The first-order valence-electron chi connectivity index (χ1n) is 15.1. The van der Waals surface area contributed by atoms with Crippen molar-refractivity contribution in [2.75, 3.05) is 18.4 Å². The van der Waals surface area contributed by atoms with Gasteiger partial charge in [0.15, 0.2) is 13.5 Å². The van der Waals surface area contributed by atoms with Gasteiger partial charge < -0.3 is 19.3 Å². The number of ether oxygens (including phenoxy) is 2. The van der Waals surface area contributed by atoms with Gasteiger partial charge >= 0.3 is 0 Å². The van der Waals surface area contributed by atoms with E-state index in [1.165, 1.54) is 44.8 Å². The molecule has 3 aliphatic rings. The van der Waals surface area contributed by atoms with Crippen LogP contribution in [0.3, 0.4) is 0 Å². The number of allylic oxidation sites excluding steroid dienone is 7. The van der Waals surface area contributed by atoms with E-state index in [9.17, 15) is 0 Å². The van der Waals surface area contributed by atoms with Crippen LogP contribution in [0.1, 0.15) is 47.9 Å². The molecule has 0 atom stereocenters. The van der Waals surface area contributed by atoms with Crippen LogP contribution in [0, 0.1) is 0 Å². The van der Waals surface area contributed by atoms with Gasteiger partial charge in [0.2, 0.25) is 0 Å². The molecule has 4 heteroatoms. The molecule has 0 saturated carbocycles. The second-order valence-corrected chi connectivity index (χ2v) is 11.3. The van der Waals surface area contributed by atoms with Crippen molar-refractivity contribution in [3.05, 3.63) is 149 Å². The fourth-order valence-electron chi connectivity index (χ4n) is 6.15. The minimum Gasteiger partial charge on any atom is -0.473 e. The number of hydrogen-bond donors (Lipinski definition) is 0. The first-order valence-corrected chi connectivity index (χ1v) is 15.1. The molecular weight excluding hydrogens is 516 g/mol. The SMILES string of the molecule is C=CCCC1=C(N2COc3ccccc3C2)CC=CC(Cc2ccc(N3COc4ccccc4C3)c(CCC=C)c2)=C1. The highest BCUT2D eigenvalue weighted by Gasteiger charge is 2.22. The molecule has 0 saturated heterocycles. The quantitative estimate of drug-likeness (QED) is 0.233. The van der Waals surface area contributed by atoms with E-state index >= 15 is 0 Å². The van der Waals surface area contributed by atoms with Gasteiger partial charge in [-0.25, -0.2) is 0 Å². The zero-order chi connectivity index (χ0) is 28.7. The maximum Gasteiger partial charge on any atom is 0.161 e. The van der Waals surface area contributed by atoms with Gasteiger partial charge in [0, 0.05) is 42.0 Å². The van der Waals surface area contributed by atoms with Crippen LogP contribution >= 0.6 is 0 Å². The number of aryl methyl sites for hydroxylation is 1. The lowest BCUT2D eigenvalue weighted by Gasteiger charge is -2.33. The van der Waals surface area contributed by atoms with Gasteiger partial charge in [0.25, 0.3) is 0 Å². The van der Waals surface area contributed by atoms with Crippen molar-refractivity contribution in [1.82, 2.24) is 4.90 Å². The molecule has 0 N–H and O–H groups in total. The molecule has 0 radical (unpaired) electrons. The predicted molar refractivity (Wildman–Crippen MR) is 173 cm³/mol. The summed E-state index contributed by atoms with van der Waals surface area (Å²) in [5, 5.41) is 0. The zero-order valence-electron chi connectivity index (χ0n) is 24.4. The molecule has 0 fully saturated rings. The molecule has 0 aromatic heterocycles. The summed E-state index contributed by atoms with van der Waals surface area (Å²) < 4.78 is 12.2. The smallest absolute Gasteiger partial charge is 0.161 e. The van der Waals surface area contributed by atoms with Crippen molar-refractivity contribution >= 4 is 5.69 Å². The highest BCUT2D eigenvalue weighted by molar-refractivity contribution is 5.58. The van der Waals surface area contributed by atoms with Crippen molar-refractivity contribution in [2.24, 2.45) is 0 Å². The normalized spacial score (nSPS) is 16.0. The van der Waals surface area contributed by atoms with E-state index in [1.807, 2.05) is 24.3 Å². The Balaban J connectivity index is 1.26. The molecule has 0 amide bonds. The van der Waals surface area contributed by atoms with E-state index < -0.39 is 0 Å². The van der Waals surface area contributed by atoms with E-state index in [1.54, 1.807) is 0 Å². The van der Waals surface area contributed by atoms with E-state index in [4.69, 9.17) is 9.47 Å². The molecule has 2 aliphatic heterocycles. The van der Waals surface area contributed by atoms with Crippen LogP contribution in [0.25, 0.3) is 0 Å². The Morgan fingerprint density at radius 2 is 1.43 bits per heavy atom. The summed E-state index contributed by atoms with van der Waals surface area (Å²) in [6.45, 7) is 10.9. The number of hydrogen-bond acceptors (Lipinski definition) is 4. The topological polar surface area (TPSA) is 24.9 Å². The van der Waals surface area contributed by atoms with Crippen molar-refractivity contribution < 1.29 is 9.47 Å². The van der Waals surface area contributed by atoms with Crippen molar-refractivity contribution in [2.45, 2.75) is 51.6 Å². The summed E-state index contributed by atoms with van der Waals surface area (Å²) in [6.07, 6.45) is 16.7. The maximum atomic E-state index is 6.14. The average Bonchev–Trinajstić information content (AvgIpc) is 3.24. The Labute approximate surface area is 250 Å². The number of fused-ring (bicyclic) bond motifs is 2. The predicted octanol–water partition coefficient (Wildman–Crippen LogP) is 8.66. The Kier molecular flexibility index (Phi) is 8.60. The summed E-state index contributed by atoms with van der Waals surface area (Å²) in [5.41, 5.74) is 10.5. The Hall–Kier alpha value is -4.44. The number of anilines is 1. The maximum absolute atomic E-state index is 6.14. The lowest BCUT2D eigenvalue weighted by molar-refractivity contribution is 0.125. The molecule has 6 rings (SSSR count). The van der Waals surface area contributed by atoms with E-state index in [0.717, 1.165) is 63.1 Å². The highest BCUT2D eigenvalue weighted by Crippen LogP contribution is 2.34. The van der Waals surface area contributed by atoms with Gasteiger partial charge in [-0.3, -0.25) is 0 Å². The molecule has 3 aromatic rings. The molecule has 4 nitrogen and oxygen atoms in total. The summed E-state index contributed by atoms with van der Waals surface area (Å²) >= 11 is 0. The van der Waals surface area contributed by atoms with Crippen LogP contribution in [0.4, 0.5) is 5.69 Å². The van der Waals surface area contributed by atoms with E-state index in [-0.39, 0.29) is 0 Å². The minimum atomic E-state index is 0.566. The Morgan fingerprint density at radius 3 is 2.17 bits per heavy atom. The molecule has 0 bridgehead atoms. The summed E-state index contributed by atoms with van der Waals surface area (Å²) in [5.74, 6) is 1.99. The van der Waals surface area contributed by atoms with Crippen LogP contribution in [0.5, 0.6) is 11.5 Å². The first kappa shape index (κ1) is 27.7. The van der Waals surface area contributed by atoms with Gasteiger partial charge in [0.1, 0.15) is 11.5 Å². The molecule has 0 unspecified atom stereocenters. The van der Waals surface area contributed by atoms with Crippen LogP contribution < -0.4 is 14.4 Å². The summed E-state index contributed by atoms with van der Waals surface area (Å²) in [7, 11) is 0. The van der Waals surface area contributed by atoms with E-state index in [2.05, 4.69) is 95.8 Å². The van der Waals surface area contributed by atoms with E-state index in [0.29, 0.717) is 13.5 Å². The van der Waals surface area contributed by atoms with Gasteiger partial charge in [0.05, 0.1) is 0 Å². The van der Waals surface area contributed by atoms with Crippen LogP contribution in [0.15, 0.2) is 127 Å². The Bertz CT molecular complexity index is 1550. The third-order valence-electron chi connectivity index (χ3n) is 8.30. The van der Waals surface area contributed by atoms with Crippen LogP contribution in [-0.4, -0.2) is 18.4 Å². The number of nitrogens with zero attached hydrogens (tertiary/aromatic N) is 2. The zero-order valence-corrected chi connectivity index (χ0v) is 24.4. The van der Waals surface area contributed by atoms with Crippen LogP contribution in [-0.2, 0) is 25.9 Å². The fraction of sp³-hybridized carbons (Fsp3) is 0.263. The third kappa shape index (κ3) is 6.23. The lowest BCUT2D eigenvalue weighted by atomic mass is 9.96. The monoisotopic (exact) mass is 556 g/mol. The second-order valence-electron chi connectivity index (χ2n) is 11.3. The summed E-state index contributed by atoms with van der Waals surface area (Å²) in [4.78, 5) is 4.74. The van der Waals surface area contributed by atoms with Gasteiger partial charge in [-0.1, -0.05) is 78.9 Å². The van der Waals surface area contributed by atoms with Gasteiger partial charge in [-0.15, -0.1) is 13.2 Å². The molecule has 0 spiro atoms. The highest BCUT2D eigenvalue weighted by atomic mass is 16.5. The number of rotatable bonds is 10. The molecule has 2 heterocycles. The number of benzene rings is 3. The largest absolute Gasteiger partial charge is 0.473 e. The molecule has 3 aromatic carbocycles. The molecular formula is C38H40N2O2. The third-order valence-corrected chi connectivity index (χ3v) is 8.30. The number of para-hydroxylation sites is 2. The van der Waals surface area contributed by atoms with Crippen molar-refractivity contribution in [3.63, 3.8) is 0 Å². The summed E-state index contributed by atoms with van der Waals surface area (Å²) in [6, 6.07) is 23.7. The molecule has 214 valence electrons. The van der Waals surface area contributed by atoms with Crippen molar-refractivity contribution in [3.8, 4) is 11.5 Å². The standard InChI is InChI=1S/C38H40N2O2/c1-3-5-13-31-23-29(12-11-17-35(31)39-25-33-15-7-9-18-37(33)41-27-39)22-30-20-21-36(32(24-30)14-6-4-2)40-26-34-16-8-10-19-38(34)42-28-40/h3-4,7-12,15-16,18-21,23-24H,1-2,5-6,13-14,17,22,25-28H2. The average molecular weight is 557 g/mol. The minimum absolute atomic E-state index is 0.566. The molecule has 1 aliphatic carbocycles. The van der Waals surface area contributed by atoms with Gasteiger partial charge in [-0.2, -0.15) is 0 Å². The van der Waals surface area contributed by atoms with Gasteiger partial charge in [-0.05, 0) is 72.6 Å². The first-order chi connectivity index (χ1) is 20.7. The van der Waals surface area contributed by atoms with Crippen molar-refractivity contribution in [1.29, 1.82) is 0 Å².